The van der Waals surface area contributed by atoms with Crippen LogP contribution in [0.25, 0.3) is 10.8 Å². The zero-order valence-corrected chi connectivity index (χ0v) is 22.3. The number of hydrogen-bond acceptors (Lipinski definition) is 6. The Hall–Kier alpha value is -3.88. The summed E-state index contributed by atoms with van der Waals surface area (Å²) >= 11 is 0. The molecular weight excluding hydrogens is 514 g/mol. The molecule has 0 aliphatic carbocycles. The predicted molar refractivity (Wildman–Crippen MR) is 147 cm³/mol. The van der Waals surface area contributed by atoms with E-state index in [4.69, 9.17) is 9.47 Å². The van der Waals surface area contributed by atoms with Crippen molar-refractivity contribution in [3.63, 3.8) is 0 Å². The van der Waals surface area contributed by atoms with Gasteiger partial charge in [0.05, 0.1) is 23.4 Å². The first-order valence-electron chi connectivity index (χ1n) is 12.9. The highest BCUT2D eigenvalue weighted by atomic mass is 32.2. The quantitative estimate of drug-likeness (QED) is 0.310. The van der Waals surface area contributed by atoms with E-state index in [9.17, 15) is 18.3 Å². The lowest BCUT2D eigenvalue weighted by molar-refractivity contribution is -0.268. The predicted octanol–water partition coefficient (Wildman–Crippen LogP) is 4.41. The summed E-state index contributed by atoms with van der Waals surface area (Å²) in [5.74, 6) is 0.446. The van der Waals surface area contributed by atoms with Crippen molar-refractivity contribution in [2.45, 2.75) is 29.9 Å². The van der Waals surface area contributed by atoms with Gasteiger partial charge in [-0.2, -0.15) is 0 Å². The summed E-state index contributed by atoms with van der Waals surface area (Å²) in [6.07, 6.45) is -0.931. The van der Waals surface area contributed by atoms with Gasteiger partial charge < -0.3 is 24.3 Å². The van der Waals surface area contributed by atoms with E-state index < -0.39 is 15.9 Å². The molecule has 5 rings (SSSR count). The van der Waals surface area contributed by atoms with Gasteiger partial charge in [-0.25, -0.2) is 8.42 Å². The third kappa shape index (κ3) is 6.58. The van der Waals surface area contributed by atoms with Crippen LogP contribution in [0.4, 0.5) is 4.79 Å². The Morgan fingerprint density at radius 2 is 1.62 bits per heavy atom. The fourth-order valence-electron chi connectivity index (χ4n) is 4.99. The van der Waals surface area contributed by atoms with E-state index in [1.54, 1.807) is 30.3 Å². The van der Waals surface area contributed by atoms with E-state index in [2.05, 4.69) is 24.3 Å². The third-order valence-corrected chi connectivity index (χ3v) is 8.82. The van der Waals surface area contributed by atoms with Crippen LogP contribution in [-0.2, 0) is 21.2 Å². The molecule has 1 aliphatic rings. The number of carbonyl (C=O) groups is 1. The number of amides is 1. The minimum Gasteiger partial charge on any atom is -0.530 e. The number of hydrogen-bond donors (Lipinski definition) is 0. The highest BCUT2D eigenvalue weighted by Crippen LogP contribution is 2.32. The molecule has 1 saturated heterocycles. The smallest absolute Gasteiger partial charge is 0.181 e. The summed E-state index contributed by atoms with van der Waals surface area (Å²) in [6.45, 7) is 1.01. The molecule has 1 aliphatic heterocycles. The SMILES string of the molecule is O=C([O-])N1CCC(c2ccc(OCCS(=O)(=O)c3ccccc3)cc2)C(OCc2ccc3ccccc3c2)C1. The second kappa shape index (κ2) is 11.9. The number of fused-ring (bicyclic) bond motifs is 1. The lowest BCUT2D eigenvalue weighted by Gasteiger charge is -2.40. The molecule has 1 fully saturated rings. The van der Waals surface area contributed by atoms with Crippen molar-refractivity contribution in [1.29, 1.82) is 0 Å². The summed E-state index contributed by atoms with van der Waals surface area (Å²) in [4.78, 5) is 13.1. The van der Waals surface area contributed by atoms with E-state index in [0.29, 0.717) is 25.3 Å². The summed E-state index contributed by atoms with van der Waals surface area (Å²) < 4.78 is 37.0. The lowest BCUT2D eigenvalue weighted by Crippen LogP contribution is -2.51. The summed E-state index contributed by atoms with van der Waals surface area (Å²) in [6, 6.07) is 30.1. The van der Waals surface area contributed by atoms with Crippen LogP contribution in [0.1, 0.15) is 23.5 Å². The van der Waals surface area contributed by atoms with E-state index in [-0.39, 0.29) is 35.8 Å². The molecule has 2 unspecified atom stereocenters. The fourth-order valence-corrected chi connectivity index (χ4v) is 6.10. The highest BCUT2D eigenvalue weighted by molar-refractivity contribution is 7.91. The molecule has 0 radical (unpaired) electrons. The number of carbonyl (C=O) groups excluding carboxylic acids is 1. The molecule has 7 nitrogen and oxygen atoms in total. The number of piperidine rings is 1. The summed E-state index contributed by atoms with van der Waals surface area (Å²) in [7, 11) is -3.42. The average Bonchev–Trinajstić information content (AvgIpc) is 2.96. The van der Waals surface area contributed by atoms with E-state index >= 15 is 0 Å². The second-order valence-electron chi connectivity index (χ2n) is 9.69. The van der Waals surface area contributed by atoms with Crippen LogP contribution in [0.3, 0.4) is 0 Å². The van der Waals surface area contributed by atoms with Crippen LogP contribution >= 0.6 is 0 Å². The van der Waals surface area contributed by atoms with Crippen LogP contribution < -0.4 is 9.84 Å². The Morgan fingerprint density at radius 1 is 0.897 bits per heavy atom. The summed E-state index contributed by atoms with van der Waals surface area (Å²) in [5, 5.41) is 13.8. The maximum Gasteiger partial charge on any atom is 0.181 e. The molecule has 202 valence electrons. The topological polar surface area (TPSA) is 96.0 Å². The Balaban J connectivity index is 1.23. The molecule has 8 heteroatoms. The molecule has 4 aromatic rings. The molecule has 2 atom stereocenters. The van der Waals surface area contributed by atoms with Crippen LogP contribution in [0.2, 0.25) is 0 Å². The average molecular weight is 545 g/mol. The zero-order chi connectivity index (χ0) is 27.2. The largest absolute Gasteiger partial charge is 0.530 e. The van der Waals surface area contributed by atoms with E-state index in [1.165, 1.54) is 4.90 Å². The molecule has 39 heavy (non-hydrogen) atoms. The number of carboxylic acid groups (broad SMARTS) is 1. The maximum atomic E-state index is 12.5. The Morgan fingerprint density at radius 3 is 2.36 bits per heavy atom. The number of ether oxygens (including phenoxy) is 2. The Kier molecular flexibility index (Phi) is 8.14. The van der Waals surface area contributed by atoms with Crippen LogP contribution in [0, 0.1) is 0 Å². The van der Waals surface area contributed by atoms with Crippen molar-refractivity contribution in [3.05, 3.63) is 108 Å². The van der Waals surface area contributed by atoms with Crippen LogP contribution in [0.15, 0.2) is 102 Å². The van der Waals surface area contributed by atoms with Crippen molar-refractivity contribution >= 4 is 26.7 Å². The molecule has 1 amide bonds. The Bertz CT molecular complexity index is 1520. The normalized spacial score (nSPS) is 17.7. The third-order valence-electron chi connectivity index (χ3n) is 7.13. The van der Waals surface area contributed by atoms with Gasteiger partial charge >= 0.3 is 0 Å². The number of nitrogens with zero attached hydrogens (tertiary/aromatic N) is 1. The van der Waals surface area contributed by atoms with Gasteiger partial charge in [-0.05, 0) is 58.7 Å². The van der Waals surface area contributed by atoms with E-state index in [1.807, 2.05) is 42.5 Å². The first-order valence-corrected chi connectivity index (χ1v) is 14.6. The fraction of sp³-hybridized carbons (Fsp3) is 0.258. The molecule has 0 N–H and O–H groups in total. The van der Waals surface area contributed by atoms with Gasteiger partial charge in [-0.3, -0.25) is 0 Å². The number of likely N-dealkylation sites (tertiary alicyclic amines) is 1. The second-order valence-corrected chi connectivity index (χ2v) is 11.8. The minimum atomic E-state index is -3.42. The van der Waals surface area contributed by atoms with Crippen molar-refractivity contribution < 1.29 is 27.8 Å². The van der Waals surface area contributed by atoms with Crippen molar-refractivity contribution in [2.24, 2.45) is 0 Å². The molecule has 0 bridgehead atoms. The summed E-state index contributed by atoms with van der Waals surface area (Å²) in [5.41, 5.74) is 2.04. The number of sulfone groups is 1. The first-order chi connectivity index (χ1) is 18.9. The molecular formula is C31H30NO6S-. The van der Waals surface area contributed by atoms with Crippen molar-refractivity contribution in [3.8, 4) is 5.75 Å². The van der Waals surface area contributed by atoms with Gasteiger partial charge in [-0.15, -0.1) is 0 Å². The van der Waals surface area contributed by atoms with Gasteiger partial charge in [0.15, 0.2) is 9.84 Å². The molecule has 0 saturated carbocycles. The van der Waals surface area contributed by atoms with Gasteiger partial charge in [0, 0.05) is 19.0 Å². The van der Waals surface area contributed by atoms with Crippen molar-refractivity contribution in [2.75, 3.05) is 25.4 Å². The monoisotopic (exact) mass is 544 g/mol. The Labute approximate surface area is 228 Å². The molecule has 0 aromatic heterocycles. The van der Waals surface area contributed by atoms with Crippen molar-refractivity contribution in [1.82, 2.24) is 4.90 Å². The number of rotatable bonds is 9. The van der Waals surface area contributed by atoms with E-state index in [0.717, 1.165) is 21.9 Å². The standard InChI is InChI=1S/C31H31NO6S/c33-31(34)32-17-16-29(30(21-32)38-22-23-10-11-24-6-4-5-7-26(24)20-23)25-12-14-27(15-13-25)37-18-19-39(35,36)28-8-2-1-3-9-28/h1-15,20,29-30H,16-19,21-22H2,(H,33,34)/p-1. The maximum absolute atomic E-state index is 12.5. The zero-order valence-electron chi connectivity index (χ0n) is 21.4. The van der Waals surface area contributed by atoms with Gasteiger partial charge in [0.1, 0.15) is 18.4 Å². The minimum absolute atomic E-state index is 0.00596. The molecule has 1 heterocycles. The van der Waals surface area contributed by atoms with Gasteiger partial charge in [0.2, 0.25) is 0 Å². The first kappa shape index (κ1) is 26.7. The lowest BCUT2D eigenvalue weighted by atomic mass is 9.87. The van der Waals surface area contributed by atoms with Gasteiger partial charge in [-0.1, -0.05) is 66.7 Å². The molecule has 4 aromatic carbocycles. The van der Waals surface area contributed by atoms with Gasteiger partial charge in [0.25, 0.3) is 0 Å². The molecule has 0 spiro atoms. The van der Waals surface area contributed by atoms with Crippen LogP contribution in [-0.4, -0.2) is 51.0 Å². The highest BCUT2D eigenvalue weighted by Gasteiger charge is 2.31. The number of benzene rings is 4. The van der Waals surface area contributed by atoms with Crippen LogP contribution in [0.5, 0.6) is 5.75 Å².